The van der Waals surface area contributed by atoms with E-state index in [9.17, 15) is 5.11 Å². The maximum atomic E-state index is 10.2. The third-order valence-corrected chi connectivity index (χ3v) is 4.13. The number of aryl methyl sites for hydroxylation is 1. The molecule has 6 nitrogen and oxygen atoms in total. The summed E-state index contributed by atoms with van der Waals surface area (Å²) in [5, 5.41) is 19.2. The van der Waals surface area contributed by atoms with E-state index in [1.165, 1.54) is 0 Å². The van der Waals surface area contributed by atoms with Gasteiger partial charge in [-0.05, 0) is 25.8 Å². The lowest BCUT2D eigenvalue weighted by Gasteiger charge is -2.25. The van der Waals surface area contributed by atoms with Gasteiger partial charge in [0.15, 0.2) is 0 Å². The molecule has 1 N–H and O–H groups in total. The van der Waals surface area contributed by atoms with Gasteiger partial charge in [-0.15, -0.1) is 10.2 Å². The van der Waals surface area contributed by atoms with Crippen molar-refractivity contribution in [1.82, 2.24) is 9.36 Å². The number of phenols is 1. The fourth-order valence-electron chi connectivity index (χ4n) is 2.18. The predicted molar refractivity (Wildman–Crippen MR) is 94.7 cm³/mol. The second kappa shape index (κ2) is 8.21. The number of halogens is 1. The Morgan fingerprint density at radius 2 is 1.91 bits per heavy atom. The third-order valence-electron chi connectivity index (χ3n) is 3.13. The van der Waals surface area contributed by atoms with Gasteiger partial charge in [0, 0.05) is 30.7 Å². The number of azo groups is 1. The summed E-state index contributed by atoms with van der Waals surface area (Å²) in [4.78, 5) is 6.26. The van der Waals surface area contributed by atoms with Gasteiger partial charge in [-0.1, -0.05) is 25.4 Å². The molecule has 0 bridgehead atoms. The van der Waals surface area contributed by atoms with Crippen molar-refractivity contribution in [2.75, 3.05) is 18.0 Å². The highest BCUT2D eigenvalue weighted by Gasteiger charge is 2.13. The first-order chi connectivity index (χ1) is 11.0. The molecule has 124 valence electrons. The monoisotopic (exact) mass is 353 g/mol. The largest absolute Gasteiger partial charge is 0.506 e. The Morgan fingerprint density at radius 1 is 1.22 bits per heavy atom. The summed E-state index contributed by atoms with van der Waals surface area (Å²) in [6, 6.07) is 3.27. The standard InChI is InChI=1S/C15H20ClN5OS/c1-4-6-21(7-5-2)13-9-14(22)12(8-11(13)16)18-19-15-17-10(3)20-23-15/h8-9,22H,4-7H2,1-3H3. The highest BCUT2D eigenvalue weighted by Crippen LogP contribution is 2.38. The molecule has 0 atom stereocenters. The SMILES string of the molecule is CCCN(CCC)c1cc(O)c(N=Nc2nc(C)ns2)cc1Cl. The molecule has 0 aliphatic carbocycles. The lowest BCUT2D eigenvalue weighted by Crippen LogP contribution is -2.25. The molecule has 8 heteroatoms. The lowest BCUT2D eigenvalue weighted by molar-refractivity contribution is 0.476. The van der Waals surface area contributed by atoms with Gasteiger partial charge in [-0.2, -0.15) is 4.37 Å². The Bertz CT molecular complexity index is 683. The number of rotatable bonds is 7. The Labute approximate surface area is 145 Å². The first kappa shape index (κ1) is 17.6. The van der Waals surface area contributed by atoms with Gasteiger partial charge in [0.25, 0.3) is 0 Å². The van der Waals surface area contributed by atoms with E-state index in [0.717, 1.165) is 43.2 Å². The molecule has 23 heavy (non-hydrogen) atoms. The van der Waals surface area contributed by atoms with Crippen molar-refractivity contribution in [1.29, 1.82) is 0 Å². The van der Waals surface area contributed by atoms with Crippen molar-refractivity contribution >= 4 is 39.6 Å². The maximum Gasteiger partial charge on any atom is 0.249 e. The summed E-state index contributed by atoms with van der Waals surface area (Å²) in [5.74, 6) is 0.697. The number of anilines is 1. The number of benzene rings is 1. The summed E-state index contributed by atoms with van der Waals surface area (Å²) in [6.45, 7) is 7.79. The first-order valence-electron chi connectivity index (χ1n) is 7.54. The molecule has 0 radical (unpaired) electrons. The van der Waals surface area contributed by atoms with Crippen LogP contribution < -0.4 is 4.90 Å². The molecule has 0 saturated heterocycles. The van der Waals surface area contributed by atoms with E-state index in [4.69, 9.17) is 11.6 Å². The minimum atomic E-state index is 0.0478. The van der Waals surface area contributed by atoms with Crippen LogP contribution in [-0.4, -0.2) is 27.6 Å². The minimum Gasteiger partial charge on any atom is -0.506 e. The summed E-state index contributed by atoms with van der Waals surface area (Å²) in [7, 11) is 0. The lowest BCUT2D eigenvalue weighted by atomic mass is 10.2. The summed E-state index contributed by atoms with van der Waals surface area (Å²) in [5.41, 5.74) is 1.14. The Morgan fingerprint density at radius 3 is 2.48 bits per heavy atom. The number of hydrogen-bond donors (Lipinski definition) is 1. The molecule has 1 heterocycles. The highest BCUT2D eigenvalue weighted by molar-refractivity contribution is 7.09. The van der Waals surface area contributed by atoms with Crippen molar-refractivity contribution in [2.24, 2.45) is 10.2 Å². The van der Waals surface area contributed by atoms with Gasteiger partial charge in [-0.25, -0.2) is 4.98 Å². The molecule has 0 aliphatic heterocycles. The van der Waals surface area contributed by atoms with Crippen molar-refractivity contribution in [2.45, 2.75) is 33.6 Å². The second-order valence-corrected chi connectivity index (χ2v) is 6.24. The number of phenolic OH excluding ortho intramolecular Hbond substituents is 1. The van der Waals surface area contributed by atoms with Gasteiger partial charge in [0.05, 0.1) is 10.7 Å². The predicted octanol–water partition coefficient (Wildman–Crippen LogP) is 5.25. The Balaban J connectivity index is 2.27. The average Bonchev–Trinajstić information content (AvgIpc) is 2.93. The molecule has 0 saturated carbocycles. The third kappa shape index (κ3) is 4.62. The highest BCUT2D eigenvalue weighted by atomic mass is 35.5. The summed E-state index contributed by atoms with van der Waals surface area (Å²) in [6.07, 6.45) is 2.02. The van der Waals surface area contributed by atoms with Crippen molar-refractivity contribution < 1.29 is 5.11 Å². The van der Waals surface area contributed by atoms with Gasteiger partial charge >= 0.3 is 0 Å². The van der Waals surface area contributed by atoms with Gasteiger partial charge in [0.1, 0.15) is 17.3 Å². The zero-order valence-corrected chi connectivity index (χ0v) is 15.0. The molecular weight excluding hydrogens is 334 g/mol. The second-order valence-electron chi connectivity index (χ2n) is 5.10. The van der Waals surface area contributed by atoms with E-state index in [2.05, 4.69) is 38.3 Å². The van der Waals surface area contributed by atoms with Crippen molar-refractivity contribution in [3.05, 3.63) is 23.0 Å². The van der Waals surface area contributed by atoms with Gasteiger partial charge < -0.3 is 10.0 Å². The fourth-order valence-corrected chi connectivity index (χ4v) is 2.96. The van der Waals surface area contributed by atoms with Crippen LogP contribution >= 0.6 is 23.1 Å². The van der Waals surface area contributed by atoms with Crippen molar-refractivity contribution in [3.8, 4) is 5.75 Å². The molecule has 0 aliphatic rings. The molecule has 0 amide bonds. The van der Waals surface area contributed by atoms with Gasteiger partial charge in [-0.3, -0.25) is 0 Å². The molecule has 2 aromatic rings. The zero-order chi connectivity index (χ0) is 16.8. The molecule has 0 spiro atoms. The van der Waals surface area contributed by atoms with Gasteiger partial charge in [0.2, 0.25) is 5.13 Å². The quantitative estimate of drug-likeness (QED) is 0.690. The summed E-state index contributed by atoms with van der Waals surface area (Å²) >= 11 is 7.53. The van der Waals surface area contributed by atoms with Crippen LogP contribution in [0.2, 0.25) is 5.02 Å². The Hall–Kier alpha value is -1.73. The van der Waals surface area contributed by atoms with E-state index >= 15 is 0 Å². The fraction of sp³-hybridized carbons (Fsp3) is 0.467. The van der Waals surface area contributed by atoms with Crippen LogP contribution in [0.15, 0.2) is 22.4 Å². The molecule has 0 unspecified atom stereocenters. The van der Waals surface area contributed by atoms with E-state index in [-0.39, 0.29) is 5.75 Å². The topological polar surface area (TPSA) is 74.0 Å². The Kier molecular flexibility index (Phi) is 6.29. The normalized spacial score (nSPS) is 11.3. The number of aromatic nitrogens is 2. The average molecular weight is 354 g/mol. The number of nitrogens with zero attached hydrogens (tertiary/aromatic N) is 5. The van der Waals surface area contributed by atoms with Crippen LogP contribution in [0.25, 0.3) is 0 Å². The molecule has 1 aromatic carbocycles. The first-order valence-corrected chi connectivity index (χ1v) is 8.69. The van der Waals surface area contributed by atoms with Crippen LogP contribution in [0.5, 0.6) is 5.75 Å². The van der Waals surface area contributed by atoms with Crippen LogP contribution in [0, 0.1) is 6.92 Å². The maximum absolute atomic E-state index is 10.2. The van der Waals surface area contributed by atoms with E-state index < -0.39 is 0 Å². The van der Waals surface area contributed by atoms with Crippen LogP contribution in [-0.2, 0) is 0 Å². The number of aromatic hydroxyl groups is 1. The van der Waals surface area contributed by atoms with Crippen molar-refractivity contribution in [3.63, 3.8) is 0 Å². The molecule has 1 aromatic heterocycles. The molecular formula is C15H20ClN5OS. The van der Waals surface area contributed by atoms with Crippen LogP contribution in [0.4, 0.5) is 16.5 Å². The van der Waals surface area contributed by atoms with E-state index in [1.807, 2.05) is 0 Å². The minimum absolute atomic E-state index is 0.0478. The molecule has 2 rings (SSSR count). The zero-order valence-electron chi connectivity index (χ0n) is 13.5. The van der Waals surface area contributed by atoms with Crippen LogP contribution in [0.1, 0.15) is 32.5 Å². The van der Waals surface area contributed by atoms with E-state index in [0.29, 0.717) is 21.7 Å². The smallest absolute Gasteiger partial charge is 0.249 e. The van der Waals surface area contributed by atoms with Crippen LogP contribution in [0.3, 0.4) is 0 Å². The number of hydrogen-bond acceptors (Lipinski definition) is 7. The molecule has 0 fully saturated rings. The summed E-state index contributed by atoms with van der Waals surface area (Å²) < 4.78 is 4.03. The van der Waals surface area contributed by atoms with E-state index in [1.54, 1.807) is 19.1 Å².